The first-order valence-electron chi connectivity index (χ1n) is 8.71. The molecule has 0 saturated carbocycles. The van der Waals surface area contributed by atoms with Crippen molar-refractivity contribution in [3.05, 3.63) is 34.2 Å². The van der Waals surface area contributed by atoms with E-state index in [9.17, 15) is 0 Å². The molecule has 3 aromatic rings. The molecule has 0 amide bonds. The number of fused-ring (bicyclic) bond motifs is 4. The van der Waals surface area contributed by atoms with E-state index in [-0.39, 0.29) is 4.75 Å². The van der Waals surface area contributed by atoms with Gasteiger partial charge in [-0.2, -0.15) is 0 Å². The largest absolute Gasteiger partial charge is 0.454 e. The number of ether oxygens (including phenoxy) is 2. The second kappa shape index (κ2) is 6.46. The van der Waals surface area contributed by atoms with Gasteiger partial charge in [0.25, 0.3) is 0 Å². The number of nitrogen functional groups attached to an aromatic ring is 1. The summed E-state index contributed by atoms with van der Waals surface area (Å²) in [5.74, 6) is 4.00. The molecule has 0 radical (unpaired) electrons. The van der Waals surface area contributed by atoms with Crippen LogP contribution in [0.3, 0.4) is 0 Å². The van der Waals surface area contributed by atoms with Crippen LogP contribution in [0, 0.1) is 0 Å². The number of hydrogen-bond donors (Lipinski definition) is 1. The molecule has 27 heavy (non-hydrogen) atoms. The zero-order valence-electron chi connectivity index (χ0n) is 15.1. The van der Waals surface area contributed by atoms with E-state index in [1.54, 1.807) is 23.1 Å². The van der Waals surface area contributed by atoms with Crippen molar-refractivity contribution in [3.8, 4) is 11.5 Å². The summed E-state index contributed by atoms with van der Waals surface area (Å²) in [6.45, 7) is 4.87. The molecule has 1 aromatic carbocycles. The van der Waals surface area contributed by atoms with Crippen molar-refractivity contribution in [1.29, 1.82) is 0 Å². The number of anilines is 1. The third-order valence-corrected chi connectivity index (χ3v) is 8.33. The third kappa shape index (κ3) is 3.23. The molecular formula is C19H19N3O2S3. The molecule has 0 saturated heterocycles. The molecular weight excluding hydrogens is 398 g/mol. The van der Waals surface area contributed by atoms with Gasteiger partial charge in [0.05, 0.1) is 5.39 Å². The number of thiophene rings is 1. The molecule has 5 rings (SSSR count). The van der Waals surface area contributed by atoms with Crippen LogP contribution in [-0.2, 0) is 17.9 Å². The van der Waals surface area contributed by atoms with E-state index in [1.807, 2.05) is 30.0 Å². The number of hydrogen-bond acceptors (Lipinski definition) is 8. The fourth-order valence-corrected chi connectivity index (χ4v) is 6.60. The summed E-state index contributed by atoms with van der Waals surface area (Å²) in [5.41, 5.74) is 8.85. The molecule has 140 valence electrons. The van der Waals surface area contributed by atoms with Crippen LogP contribution in [0.4, 0.5) is 5.82 Å². The van der Waals surface area contributed by atoms with Crippen LogP contribution in [0.1, 0.15) is 29.9 Å². The first-order valence-corrected chi connectivity index (χ1v) is 11.5. The predicted octanol–water partition coefficient (Wildman–Crippen LogP) is 4.86. The van der Waals surface area contributed by atoms with Crippen molar-refractivity contribution in [2.24, 2.45) is 0 Å². The first-order chi connectivity index (χ1) is 13.0. The lowest BCUT2D eigenvalue weighted by Gasteiger charge is -2.28. The summed E-state index contributed by atoms with van der Waals surface area (Å²) < 4.78 is 11.0. The second-order valence-corrected chi connectivity index (χ2v) is 11.0. The maximum atomic E-state index is 6.36. The summed E-state index contributed by atoms with van der Waals surface area (Å²) in [5, 5.41) is 1.79. The number of rotatable bonds is 3. The quantitative estimate of drug-likeness (QED) is 0.482. The number of aromatic nitrogens is 2. The summed E-state index contributed by atoms with van der Waals surface area (Å²) in [6, 6.07) is 6.01. The fourth-order valence-electron chi connectivity index (χ4n) is 3.40. The molecule has 0 atom stereocenters. The Morgan fingerprint density at radius 3 is 2.96 bits per heavy atom. The molecule has 2 aromatic heterocycles. The van der Waals surface area contributed by atoms with Gasteiger partial charge in [0, 0.05) is 21.1 Å². The Morgan fingerprint density at radius 2 is 2.07 bits per heavy atom. The SMILES string of the molecule is CC1(C)Cc2c(sc3nc(SCc4ccc5c(c4)OCO5)nc(N)c23)CS1. The van der Waals surface area contributed by atoms with Gasteiger partial charge in [-0.25, -0.2) is 9.97 Å². The first kappa shape index (κ1) is 17.5. The van der Waals surface area contributed by atoms with Crippen LogP contribution in [0.15, 0.2) is 23.4 Å². The van der Waals surface area contributed by atoms with Crippen LogP contribution in [0.25, 0.3) is 10.2 Å². The van der Waals surface area contributed by atoms with Crippen LogP contribution in [-0.4, -0.2) is 21.5 Å². The Labute approximate surface area is 170 Å². The molecule has 0 aliphatic carbocycles. The van der Waals surface area contributed by atoms with Crippen molar-refractivity contribution in [2.45, 2.75) is 41.7 Å². The second-order valence-electron chi connectivity index (χ2n) is 7.28. The van der Waals surface area contributed by atoms with Gasteiger partial charge in [0.2, 0.25) is 6.79 Å². The van der Waals surface area contributed by atoms with Crippen LogP contribution in [0.2, 0.25) is 0 Å². The minimum Gasteiger partial charge on any atom is -0.454 e. The Bertz CT molecular complexity index is 1050. The average Bonchev–Trinajstić information content (AvgIpc) is 3.22. The van der Waals surface area contributed by atoms with Gasteiger partial charge in [-0.05, 0) is 29.7 Å². The topological polar surface area (TPSA) is 70.3 Å². The molecule has 2 aliphatic heterocycles. The van der Waals surface area contributed by atoms with Crippen molar-refractivity contribution in [3.63, 3.8) is 0 Å². The molecule has 8 heteroatoms. The molecule has 0 bridgehead atoms. The highest BCUT2D eigenvalue weighted by Gasteiger charge is 2.30. The zero-order chi connectivity index (χ0) is 18.6. The molecule has 2 aliphatic rings. The van der Waals surface area contributed by atoms with E-state index < -0.39 is 0 Å². The van der Waals surface area contributed by atoms with Gasteiger partial charge in [0.15, 0.2) is 16.7 Å². The fraction of sp³-hybridized carbons (Fsp3) is 0.368. The van der Waals surface area contributed by atoms with Gasteiger partial charge in [-0.15, -0.1) is 23.1 Å². The standard InChI is InChI=1S/C19H19N3O2S3/c1-19(2)6-11-14(8-26-19)27-17-15(11)16(20)21-18(22-17)25-7-10-3-4-12-13(5-10)24-9-23-12/h3-5H,6-9H2,1-2H3,(H2,20,21,22). The number of thioether (sulfide) groups is 2. The normalized spacial score (nSPS) is 17.3. The van der Waals surface area contributed by atoms with Crippen molar-refractivity contribution < 1.29 is 9.47 Å². The van der Waals surface area contributed by atoms with Crippen LogP contribution >= 0.6 is 34.9 Å². The third-order valence-electron chi connectivity index (χ3n) is 4.74. The maximum absolute atomic E-state index is 6.36. The summed E-state index contributed by atoms with van der Waals surface area (Å²) in [4.78, 5) is 11.8. The molecule has 0 spiro atoms. The van der Waals surface area contributed by atoms with Crippen molar-refractivity contribution >= 4 is 50.9 Å². The molecule has 4 heterocycles. The maximum Gasteiger partial charge on any atom is 0.231 e. The van der Waals surface area contributed by atoms with Gasteiger partial charge < -0.3 is 15.2 Å². The van der Waals surface area contributed by atoms with E-state index >= 15 is 0 Å². The van der Waals surface area contributed by atoms with E-state index in [2.05, 4.69) is 18.8 Å². The monoisotopic (exact) mass is 417 g/mol. The number of benzene rings is 1. The Balaban J connectivity index is 1.42. The van der Waals surface area contributed by atoms with Crippen molar-refractivity contribution in [1.82, 2.24) is 9.97 Å². The molecule has 0 fully saturated rings. The van der Waals surface area contributed by atoms with Gasteiger partial charge in [-0.3, -0.25) is 0 Å². The highest BCUT2D eigenvalue weighted by molar-refractivity contribution is 8.00. The predicted molar refractivity (Wildman–Crippen MR) is 113 cm³/mol. The number of nitrogens with two attached hydrogens (primary N) is 1. The van der Waals surface area contributed by atoms with E-state index in [4.69, 9.17) is 20.2 Å². The lowest BCUT2D eigenvalue weighted by atomic mass is 9.99. The summed E-state index contributed by atoms with van der Waals surface area (Å²) in [7, 11) is 0. The van der Waals surface area contributed by atoms with E-state index in [0.29, 0.717) is 12.6 Å². The van der Waals surface area contributed by atoms with Gasteiger partial charge in [-0.1, -0.05) is 31.7 Å². The molecule has 0 unspecified atom stereocenters. The Kier molecular flexibility index (Phi) is 4.18. The zero-order valence-corrected chi connectivity index (χ0v) is 17.5. The van der Waals surface area contributed by atoms with Crippen LogP contribution in [0.5, 0.6) is 11.5 Å². The highest BCUT2D eigenvalue weighted by atomic mass is 32.2. The Morgan fingerprint density at radius 1 is 1.22 bits per heavy atom. The minimum absolute atomic E-state index is 0.236. The summed E-state index contributed by atoms with van der Waals surface area (Å²) >= 11 is 5.36. The van der Waals surface area contributed by atoms with Gasteiger partial charge >= 0.3 is 0 Å². The van der Waals surface area contributed by atoms with Crippen molar-refractivity contribution in [2.75, 3.05) is 12.5 Å². The van der Waals surface area contributed by atoms with E-state index in [1.165, 1.54) is 10.4 Å². The smallest absolute Gasteiger partial charge is 0.231 e. The van der Waals surface area contributed by atoms with Crippen LogP contribution < -0.4 is 15.2 Å². The lowest BCUT2D eigenvalue weighted by Crippen LogP contribution is -2.22. The highest BCUT2D eigenvalue weighted by Crippen LogP contribution is 2.46. The van der Waals surface area contributed by atoms with Gasteiger partial charge in [0.1, 0.15) is 10.6 Å². The minimum atomic E-state index is 0.236. The number of nitrogens with zero attached hydrogens (tertiary/aromatic N) is 2. The summed E-state index contributed by atoms with van der Waals surface area (Å²) in [6.07, 6.45) is 1.02. The Hall–Kier alpha value is -1.64. The average molecular weight is 418 g/mol. The van der Waals surface area contributed by atoms with E-state index in [0.717, 1.165) is 50.4 Å². The molecule has 5 nitrogen and oxygen atoms in total. The molecule has 2 N–H and O–H groups in total. The lowest BCUT2D eigenvalue weighted by molar-refractivity contribution is 0.174.